The van der Waals surface area contributed by atoms with Gasteiger partial charge in [0.05, 0.1) is 0 Å². The number of amidine groups is 1. The van der Waals surface area contributed by atoms with Crippen LogP contribution in [0.25, 0.3) is 0 Å². The molecule has 72 valence electrons. The quantitative estimate of drug-likeness (QED) is 0.715. The standard InChI is InChI=1S/C8H6N2O3S/c11-5-6-1-3-7(4-2-6)8-9-13-14(12)10-8/h1-5H,(H,9,10). The largest absolute Gasteiger partial charge is 0.309 e. The molecule has 6 heteroatoms. The van der Waals surface area contributed by atoms with Crippen molar-refractivity contribution in [1.82, 2.24) is 5.48 Å². The number of carbonyl (C=O) groups excluding carboxylic acids is 1. The third-order valence-corrected chi connectivity index (χ3v) is 2.25. The number of rotatable bonds is 2. The molecule has 1 atom stereocenters. The molecule has 1 aromatic carbocycles. The Bertz CT molecular complexity index is 413. The van der Waals surface area contributed by atoms with E-state index in [1.165, 1.54) is 0 Å². The van der Waals surface area contributed by atoms with E-state index >= 15 is 0 Å². The van der Waals surface area contributed by atoms with Crippen LogP contribution in [0.5, 0.6) is 0 Å². The SMILES string of the molecule is O=Cc1ccc(C2=NS(=O)ON2)cc1. The van der Waals surface area contributed by atoms with E-state index in [9.17, 15) is 9.00 Å². The Labute approximate surface area is 82.5 Å². The lowest BCUT2D eigenvalue weighted by Gasteiger charge is -1.98. The van der Waals surface area contributed by atoms with Crippen LogP contribution < -0.4 is 5.48 Å². The maximum Gasteiger partial charge on any atom is 0.309 e. The van der Waals surface area contributed by atoms with E-state index in [-0.39, 0.29) is 0 Å². The maximum absolute atomic E-state index is 10.7. The predicted molar refractivity (Wildman–Crippen MR) is 50.7 cm³/mol. The zero-order chi connectivity index (χ0) is 9.97. The molecule has 0 aliphatic carbocycles. The highest BCUT2D eigenvalue weighted by molar-refractivity contribution is 7.79. The van der Waals surface area contributed by atoms with Gasteiger partial charge in [0.15, 0.2) is 5.84 Å². The summed E-state index contributed by atoms with van der Waals surface area (Å²) in [7, 11) is 0. The van der Waals surface area contributed by atoms with Gasteiger partial charge in [-0.2, -0.15) is 4.28 Å². The first kappa shape index (κ1) is 9.04. The molecule has 1 aromatic rings. The molecule has 1 N–H and O–H groups in total. The van der Waals surface area contributed by atoms with Crippen molar-refractivity contribution in [1.29, 1.82) is 0 Å². The molecule has 0 saturated carbocycles. The third kappa shape index (κ3) is 1.70. The van der Waals surface area contributed by atoms with Gasteiger partial charge in [-0.1, -0.05) is 24.3 Å². The number of nitrogens with one attached hydrogen (secondary N) is 1. The average Bonchev–Trinajstić information content (AvgIpc) is 2.65. The smallest absolute Gasteiger partial charge is 0.298 e. The summed E-state index contributed by atoms with van der Waals surface area (Å²) in [5.41, 5.74) is 3.72. The summed E-state index contributed by atoms with van der Waals surface area (Å²) in [6, 6.07) is 6.68. The fourth-order valence-corrected chi connectivity index (χ4v) is 1.50. The Morgan fingerprint density at radius 3 is 2.57 bits per heavy atom. The van der Waals surface area contributed by atoms with Crippen molar-refractivity contribution < 1.29 is 13.3 Å². The van der Waals surface area contributed by atoms with Crippen LogP contribution >= 0.6 is 0 Å². The van der Waals surface area contributed by atoms with Crippen molar-refractivity contribution in [3.63, 3.8) is 0 Å². The molecule has 2 rings (SSSR count). The van der Waals surface area contributed by atoms with Gasteiger partial charge >= 0.3 is 11.3 Å². The summed E-state index contributed by atoms with van der Waals surface area (Å²) in [6.07, 6.45) is 0.752. The van der Waals surface area contributed by atoms with Crippen LogP contribution in [-0.2, 0) is 15.6 Å². The second kappa shape index (κ2) is 3.69. The highest BCUT2D eigenvalue weighted by Crippen LogP contribution is 2.07. The molecular formula is C8H6N2O3S. The van der Waals surface area contributed by atoms with Crippen molar-refractivity contribution in [3.8, 4) is 0 Å². The van der Waals surface area contributed by atoms with Crippen molar-refractivity contribution in [2.75, 3.05) is 0 Å². The Morgan fingerprint density at radius 1 is 1.36 bits per heavy atom. The van der Waals surface area contributed by atoms with Gasteiger partial charge in [-0.05, 0) is 0 Å². The molecule has 0 fully saturated rings. The molecule has 0 saturated heterocycles. The molecule has 1 aliphatic rings. The molecule has 14 heavy (non-hydrogen) atoms. The van der Waals surface area contributed by atoms with Gasteiger partial charge in [0, 0.05) is 11.1 Å². The van der Waals surface area contributed by atoms with Crippen LogP contribution in [0.3, 0.4) is 0 Å². The molecule has 0 radical (unpaired) electrons. The Kier molecular flexibility index (Phi) is 2.38. The van der Waals surface area contributed by atoms with Crippen LogP contribution in [0.2, 0.25) is 0 Å². The lowest BCUT2D eigenvalue weighted by Crippen LogP contribution is -2.17. The second-order valence-corrected chi connectivity index (χ2v) is 3.37. The zero-order valence-corrected chi connectivity index (χ0v) is 7.78. The van der Waals surface area contributed by atoms with Gasteiger partial charge in [-0.25, -0.2) is 9.69 Å². The Morgan fingerprint density at radius 2 is 2.07 bits per heavy atom. The van der Waals surface area contributed by atoms with E-state index in [4.69, 9.17) is 0 Å². The lowest BCUT2D eigenvalue weighted by atomic mass is 10.1. The summed E-state index contributed by atoms with van der Waals surface area (Å²) in [4.78, 5) is 10.4. The number of benzene rings is 1. The number of hydrogen-bond acceptors (Lipinski definition) is 4. The number of nitrogens with zero attached hydrogens (tertiary/aromatic N) is 1. The second-order valence-electron chi connectivity index (χ2n) is 2.58. The van der Waals surface area contributed by atoms with E-state index < -0.39 is 11.3 Å². The average molecular weight is 210 g/mol. The van der Waals surface area contributed by atoms with Gasteiger partial charge < -0.3 is 0 Å². The molecule has 0 spiro atoms. The predicted octanol–water partition coefficient (Wildman–Crippen LogP) is 0.359. The Balaban J connectivity index is 2.29. The van der Waals surface area contributed by atoms with Crippen LogP contribution in [0.4, 0.5) is 0 Å². The van der Waals surface area contributed by atoms with Gasteiger partial charge in [0.1, 0.15) is 6.29 Å². The molecule has 1 aliphatic heterocycles. The Hall–Kier alpha value is -1.53. The van der Waals surface area contributed by atoms with Crippen LogP contribution in [0, 0.1) is 0 Å². The summed E-state index contributed by atoms with van der Waals surface area (Å²) in [6.45, 7) is 0. The minimum Gasteiger partial charge on any atom is -0.298 e. The number of hydrogen-bond donors (Lipinski definition) is 1. The van der Waals surface area contributed by atoms with Crippen molar-refractivity contribution in [2.45, 2.75) is 0 Å². The lowest BCUT2D eigenvalue weighted by molar-refractivity contribution is 0.112. The number of carbonyl (C=O) groups is 1. The number of hydroxylamine groups is 1. The maximum atomic E-state index is 10.7. The van der Waals surface area contributed by atoms with Gasteiger partial charge in [0.25, 0.3) is 0 Å². The molecule has 1 heterocycles. The first-order chi connectivity index (χ1) is 6.79. The van der Waals surface area contributed by atoms with Gasteiger partial charge in [-0.3, -0.25) is 4.79 Å². The van der Waals surface area contributed by atoms with E-state index in [0.717, 1.165) is 11.8 Å². The third-order valence-electron chi connectivity index (χ3n) is 1.70. The normalized spacial score (nSPS) is 20.0. The first-order valence-electron chi connectivity index (χ1n) is 3.79. The van der Waals surface area contributed by atoms with E-state index in [1.807, 2.05) is 0 Å². The summed E-state index contributed by atoms with van der Waals surface area (Å²) >= 11 is -1.65. The fourth-order valence-electron chi connectivity index (χ4n) is 1.02. The van der Waals surface area contributed by atoms with E-state index in [0.29, 0.717) is 11.4 Å². The summed E-state index contributed by atoms with van der Waals surface area (Å²) in [5, 5.41) is 0. The van der Waals surface area contributed by atoms with Crippen molar-refractivity contribution >= 4 is 23.4 Å². The summed E-state index contributed by atoms with van der Waals surface area (Å²) in [5.74, 6) is 0.404. The monoisotopic (exact) mass is 210 g/mol. The first-order valence-corrected chi connectivity index (χ1v) is 4.82. The zero-order valence-electron chi connectivity index (χ0n) is 6.97. The molecule has 0 aromatic heterocycles. The minimum atomic E-state index is -1.65. The van der Waals surface area contributed by atoms with Crippen molar-refractivity contribution in [3.05, 3.63) is 35.4 Å². The number of aldehydes is 1. The highest BCUT2D eigenvalue weighted by atomic mass is 32.2. The molecule has 1 unspecified atom stereocenters. The van der Waals surface area contributed by atoms with Gasteiger partial charge in [-0.15, -0.1) is 4.40 Å². The van der Waals surface area contributed by atoms with Gasteiger partial charge in [0.2, 0.25) is 0 Å². The highest BCUT2D eigenvalue weighted by Gasteiger charge is 2.14. The summed E-state index contributed by atoms with van der Waals surface area (Å²) < 4.78 is 18.9. The van der Waals surface area contributed by atoms with E-state index in [2.05, 4.69) is 14.2 Å². The fraction of sp³-hybridized carbons (Fsp3) is 0. The molecule has 0 bridgehead atoms. The van der Waals surface area contributed by atoms with E-state index in [1.54, 1.807) is 24.3 Å². The minimum absolute atomic E-state index is 0.404. The molecular weight excluding hydrogens is 204 g/mol. The van der Waals surface area contributed by atoms with Crippen LogP contribution in [0.15, 0.2) is 28.7 Å². The van der Waals surface area contributed by atoms with Crippen molar-refractivity contribution in [2.24, 2.45) is 4.40 Å². The molecule has 5 nitrogen and oxygen atoms in total. The van der Waals surface area contributed by atoms with Crippen LogP contribution in [-0.4, -0.2) is 16.3 Å². The van der Waals surface area contributed by atoms with Crippen LogP contribution in [0.1, 0.15) is 15.9 Å². The molecule has 0 amide bonds. The topological polar surface area (TPSA) is 67.8 Å².